The van der Waals surface area contributed by atoms with Crippen molar-refractivity contribution in [1.82, 2.24) is 0 Å². The summed E-state index contributed by atoms with van der Waals surface area (Å²) in [5.41, 5.74) is 6.23. The molecular weight excluding hydrogens is 134 g/mol. The SMILES string of the molecule is C[C@@H]1C[C@H](CN)CC(C)(C)C1. The summed E-state index contributed by atoms with van der Waals surface area (Å²) in [6.07, 6.45) is 4.05. The van der Waals surface area contributed by atoms with Gasteiger partial charge in [0.15, 0.2) is 0 Å². The molecule has 0 aromatic rings. The fourth-order valence-corrected chi connectivity index (χ4v) is 2.72. The summed E-state index contributed by atoms with van der Waals surface area (Å²) in [7, 11) is 0. The number of rotatable bonds is 1. The minimum Gasteiger partial charge on any atom is -0.330 e. The standard InChI is InChI=1S/C10H21N/c1-8-4-9(7-11)6-10(2,3)5-8/h8-9H,4-7,11H2,1-3H3/t8-,9+/m1/s1. The summed E-state index contributed by atoms with van der Waals surface area (Å²) in [6, 6.07) is 0. The molecule has 0 amide bonds. The van der Waals surface area contributed by atoms with E-state index in [1.165, 1.54) is 19.3 Å². The van der Waals surface area contributed by atoms with Crippen LogP contribution in [0.25, 0.3) is 0 Å². The van der Waals surface area contributed by atoms with Crippen LogP contribution in [0.1, 0.15) is 40.0 Å². The fraction of sp³-hybridized carbons (Fsp3) is 1.00. The van der Waals surface area contributed by atoms with Gasteiger partial charge in [0.1, 0.15) is 0 Å². The Hall–Kier alpha value is -0.0400. The van der Waals surface area contributed by atoms with Crippen LogP contribution in [0.5, 0.6) is 0 Å². The molecular formula is C10H21N. The van der Waals surface area contributed by atoms with Crippen molar-refractivity contribution in [2.45, 2.75) is 40.0 Å². The first-order chi connectivity index (χ1) is 5.03. The molecule has 0 bridgehead atoms. The van der Waals surface area contributed by atoms with Crippen LogP contribution in [0.2, 0.25) is 0 Å². The van der Waals surface area contributed by atoms with Gasteiger partial charge in [-0.3, -0.25) is 0 Å². The first-order valence-electron chi connectivity index (χ1n) is 4.73. The lowest BCUT2D eigenvalue weighted by molar-refractivity contribution is 0.137. The van der Waals surface area contributed by atoms with Gasteiger partial charge < -0.3 is 5.73 Å². The molecule has 66 valence electrons. The van der Waals surface area contributed by atoms with Gasteiger partial charge in [0.05, 0.1) is 0 Å². The highest BCUT2D eigenvalue weighted by atomic mass is 14.6. The van der Waals surface area contributed by atoms with E-state index in [4.69, 9.17) is 5.73 Å². The van der Waals surface area contributed by atoms with Crippen molar-refractivity contribution >= 4 is 0 Å². The quantitative estimate of drug-likeness (QED) is 0.618. The Balaban J connectivity index is 2.51. The topological polar surface area (TPSA) is 26.0 Å². The Kier molecular flexibility index (Phi) is 2.58. The highest BCUT2D eigenvalue weighted by Gasteiger charge is 2.30. The zero-order valence-corrected chi connectivity index (χ0v) is 8.06. The summed E-state index contributed by atoms with van der Waals surface area (Å²) in [5, 5.41) is 0. The monoisotopic (exact) mass is 155 g/mol. The minimum absolute atomic E-state index is 0.543. The molecule has 1 nitrogen and oxygen atoms in total. The van der Waals surface area contributed by atoms with E-state index in [-0.39, 0.29) is 0 Å². The Morgan fingerprint density at radius 3 is 2.45 bits per heavy atom. The zero-order valence-electron chi connectivity index (χ0n) is 8.06. The van der Waals surface area contributed by atoms with E-state index in [0.717, 1.165) is 18.4 Å². The van der Waals surface area contributed by atoms with Crippen LogP contribution in [0, 0.1) is 17.3 Å². The number of hydrogen-bond donors (Lipinski definition) is 1. The van der Waals surface area contributed by atoms with Gasteiger partial charge >= 0.3 is 0 Å². The Labute approximate surface area is 70.4 Å². The highest BCUT2D eigenvalue weighted by molar-refractivity contribution is 4.82. The maximum absolute atomic E-state index is 5.69. The van der Waals surface area contributed by atoms with Crippen molar-refractivity contribution in [3.63, 3.8) is 0 Å². The normalized spacial score (nSPS) is 37.1. The smallest absolute Gasteiger partial charge is 0.00486 e. The lowest BCUT2D eigenvalue weighted by Gasteiger charge is -2.38. The third-order valence-electron chi connectivity index (χ3n) is 2.81. The second kappa shape index (κ2) is 3.14. The van der Waals surface area contributed by atoms with Gasteiger partial charge in [0.2, 0.25) is 0 Å². The maximum Gasteiger partial charge on any atom is -0.00486 e. The molecule has 0 saturated heterocycles. The first kappa shape index (κ1) is 9.05. The van der Waals surface area contributed by atoms with Gasteiger partial charge in [0, 0.05) is 0 Å². The Morgan fingerprint density at radius 1 is 1.36 bits per heavy atom. The molecule has 2 atom stereocenters. The third-order valence-corrected chi connectivity index (χ3v) is 2.81. The van der Waals surface area contributed by atoms with Crippen LogP contribution in [-0.4, -0.2) is 6.54 Å². The lowest BCUT2D eigenvalue weighted by atomic mass is 9.68. The Bertz CT molecular complexity index is 129. The highest BCUT2D eigenvalue weighted by Crippen LogP contribution is 2.40. The summed E-state index contributed by atoms with van der Waals surface area (Å²) in [6.45, 7) is 7.97. The molecule has 0 aromatic carbocycles. The molecule has 1 aliphatic rings. The van der Waals surface area contributed by atoms with Gasteiger partial charge in [-0.1, -0.05) is 20.8 Å². The summed E-state index contributed by atoms with van der Waals surface area (Å²) >= 11 is 0. The number of hydrogen-bond acceptors (Lipinski definition) is 1. The second-order valence-electron chi connectivity index (χ2n) is 5.02. The molecule has 0 aliphatic heterocycles. The molecule has 1 rings (SSSR count). The van der Waals surface area contributed by atoms with Crippen LogP contribution in [0.15, 0.2) is 0 Å². The fourth-order valence-electron chi connectivity index (χ4n) is 2.72. The zero-order chi connectivity index (χ0) is 8.48. The third kappa shape index (κ3) is 2.48. The first-order valence-corrected chi connectivity index (χ1v) is 4.73. The molecule has 0 aromatic heterocycles. The summed E-state index contributed by atoms with van der Waals surface area (Å²) < 4.78 is 0. The minimum atomic E-state index is 0.543. The van der Waals surface area contributed by atoms with Gasteiger partial charge in [-0.2, -0.15) is 0 Å². The lowest BCUT2D eigenvalue weighted by Crippen LogP contribution is -2.31. The summed E-state index contributed by atoms with van der Waals surface area (Å²) in [4.78, 5) is 0. The second-order valence-corrected chi connectivity index (χ2v) is 5.02. The van der Waals surface area contributed by atoms with E-state index in [2.05, 4.69) is 20.8 Å². The van der Waals surface area contributed by atoms with Crippen molar-refractivity contribution in [2.75, 3.05) is 6.54 Å². The van der Waals surface area contributed by atoms with E-state index in [0.29, 0.717) is 5.41 Å². The molecule has 2 N–H and O–H groups in total. The van der Waals surface area contributed by atoms with Crippen LogP contribution in [0.4, 0.5) is 0 Å². The molecule has 0 radical (unpaired) electrons. The maximum atomic E-state index is 5.69. The van der Waals surface area contributed by atoms with Crippen LogP contribution in [0.3, 0.4) is 0 Å². The molecule has 0 spiro atoms. The Morgan fingerprint density at radius 2 is 2.00 bits per heavy atom. The van der Waals surface area contributed by atoms with Crippen molar-refractivity contribution in [3.8, 4) is 0 Å². The van der Waals surface area contributed by atoms with E-state index < -0.39 is 0 Å². The molecule has 1 heteroatoms. The van der Waals surface area contributed by atoms with E-state index >= 15 is 0 Å². The predicted octanol–water partition coefficient (Wildman–Crippen LogP) is 2.41. The molecule has 1 saturated carbocycles. The van der Waals surface area contributed by atoms with Crippen molar-refractivity contribution in [1.29, 1.82) is 0 Å². The van der Waals surface area contributed by atoms with Gasteiger partial charge in [0.25, 0.3) is 0 Å². The molecule has 1 aliphatic carbocycles. The molecule has 0 unspecified atom stereocenters. The largest absolute Gasteiger partial charge is 0.330 e. The van der Waals surface area contributed by atoms with Crippen molar-refractivity contribution in [2.24, 2.45) is 23.0 Å². The molecule has 0 heterocycles. The van der Waals surface area contributed by atoms with Gasteiger partial charge in [-0.25, -0.2) is 0 Å². The van der Waals surface area contributed by atoms with Crippen LogP contribution >= 0.6 is 0 Å². The summed E-state index contributed by atoms with van der Waals surface area (Å²) in [5.74, 6) is 1.67. The van der Waals surface area contributed by atoms with E-state index in [1.807, 2.05) is 0 Å². The average molecular weight is 155 g/mol. The van der Waals surface area contributed by atoms with Crippen molar-refractivity contribution in [3.05, 3.63) is 0 Å². The molecule has 11 heavy (non-hydrogen) atoms. The van der Waals surface area contributed by atoms with Crippen molar-refractivity contribution < 1.29 is 0 Å². The van der Waals surface area contributed by atoms with E-state index in [9.17, 15) is 0 Å². The van der Waals surface area contributed by atoms with Gasteiger partial charge in [-0.05, 0) is 43.1 Å². The van der Waals surface area contributed by atoms with Gasteiger partial charge in [-0.15, -0.1) is 0 Å². The van der Waals surface area contributed by atoms with Crippen LogP contribution in [-0.2, 0) is 0 Å². The predicted molar refractivity (Wildman–Crippen MR) is 49.3 cm³/mol. The number of nitrogens with two attached hydrogens (primary N) is 1. The van der Waals surface area contributed by atoms with E-state index in [1.54, 1.807) is 0 Å². The molecule has 1 fully saturated rings. The van der Waals surface area contributed by atoms with Crippen LogP contribution < -0.4 is 5.73 Å². The average Bonchev–Trinajstić information content (AvgIpc) is 1.83.